The van der Waals surface area contributed by atoms with E-state index in [0.717, 1.165) is 24.3 Å². The Morgan fingerprint density at radius 1 is 1.13 bits per heavy atom. The van der Waals surface area contributed by atoms with Crippen molar-refractivity contribution in [3.8, 4) is 5.75 Å². The topological polar surface area (TPSA) is 108 Å². The first-order chi connectivity index (χ1) is 13.9. The van der Waals surface area contributed by atoms with Crippen molar-refractivity contribution in [2.24, 2.45) is 0 Å². The van der Waals surface area contributed by atoms with E-state index >= 15 is 0 Å². The normalized spacial score (nSPS) is 17.2. The molecule has 30 heavy (non-hydrogen) atoms. The number of nitrogens with one attached hydrogen (secondary N) is 2. The quantitative estimate of drug-likeness (QED) is 0.670. The fraction of sp³-hybridized carbons (Fsp3) is 0.529. The molecule has 9 nitrogen and oxygen atoms in total. The Bertz CT molecular complexity index is 853. The highest BCUT2D eigenvalue weighted by molar-refractivity contribution is 7.89. The number of ether oxygens (including phenoxy) is 1. The number of amides is 3. The highest BCUT2D eigenvalue weighted by atomic mass is 32.2. The van der Waals surface area contributed by atoms with Crippen molar-refractivity contribution in [2.75, 3.05) is 32.7 Å². The van der Waals surface area contributed by atoms with Crippen molar-refractivity contribution in [2.45, 2.75) is 31.1 Å². The lowest BCUT2D eigenvalue weighted by Crippen LogP contribution is -2.56. The Morgan fingerprint density at radius 3 is 2.20 bits per heavy atom. The van der Waals surface area contributed by atoms with E-state index in [4.69, 9.17) is 0 Å². The number of hydrogen-bond acceptors (Lipinski definition) is 6. The zero-order valence-electron chi connectivity index (χ0n) is 16.4. The number of carbonyl (C=O) groups is 2. The molecule has 1 unspecified atom stereocenters. The molecule has 1 aromatic carbocycles. The Morgan fingerprint density at radius 2 is 1.70 bits per heavy atom. The van der Waals surface area contributed by atoms with Crippen LogP contribution < -0.4 is 15.4 Å². The second-order valence-corrected chi connectivity index (χ2v) is 8.42. The van der Waals surface area contributed by atoms with Crippen LogP contribution in [-0.2, 0) is 14.8 Å². The van der Waals surface area contributed by atoms with Gasteiger partial charge < -0.3 is 10.1 Å². The van der Waals surface area contributed by atoms with Crippen molar-refractivity contribution in [1.82, 2.24) is 19.8 Å². The van der Waals surface area contributed by atoms with Gasteiger partial charge in [-0.2, -0.15) is 4.31 Å². The molecule has 13 heteroatoms. The third kappa shape index (κ3) is 6.31. The Hall–Kier alpha value is -2.38. The Labute approximate surface area is 172 Å². The fourth-order valence-electron chi connectivity index (χ4n) is 2.88. The third-order valence-electron chi connectivity index (χ3n) is 4.47. The molecule has 3 amide bonds. The molecule has 1 fully saturated rings. The number of piperazine rings is 1. The van der Waals surface area contributed by atoms with Crippen LogP contribution in [0.25, 0.3) is 0 Å². The minimum absolute atomic E-state index is 0.0852. The van der Waals surface area contributed by atoms with Gasteiger partial charge in [-0.1, -0.05) is 0 Å². The highest BCUT2D eigenvalue weighted by Crippen LogP contribution is 2.25. The summed E-state index contributed by atoms with van der Waals surface area (Å²) in [5.74, 6) is -1.02. The van der Waals surface area contributed by atoms with E-state index in [9.17, 15) is 31.2 Å². The summed E-state index contributed by atoms with van der Waals surface area (Å²) in [4.78, 5) is 25.2. The largest absolute Gasteiger partial charge is 0.573 e. The molecule has 2 N–H and O–H groups in total. The molecule has 1 aliphatic heterocycles. The summed E-state index contributed by atoms with van der Waals surface area (Å²) in [6.45, 7) is 4.36. The zero-order chi connectivity index (χ0) is 22.5. The van der Waals surface area contributed by atoms with Crippen LogP contribution in [0.1, 0.15) is 13.8 Å². The smallest absolute Gasteiger partial charge is 0.406 e. The number of sulfonamides is 1. The Kier molecular flexibility index (Phi) is 7.66. The van der Waals surface area contributed by atoms with Crippen LogP contribution >= 0.6 is 0 Å². The van der Waals surface area contributed by atoms with Gasteiger partial charge in [0.15, 0.2) is 0 Å². The monoisotopic (exact) mass is 452 g/mol. The minimum atomic E-state index is -4.86. The molecular formula is C17H23F3N4O5S. The van der Waals surface area contributed by atoms with Gasteiger partial charge in [0.05, 0.1) is 10.9 Å². The van der Waals surface area contributed by atoms with Crippen LogP contribution in [0.2, 0.25) is 0 Å². The highest BCUT2D eigenvalue weighted by Gasteiger charge is 2.33. The maximum atomic E-state index is 12.7. The summed E-state index contributed by atoms with van der Waals surface area (Å²) >= 11 is 0. The molecule has 1 saturated heterocycles. The lowest BCUT2D eigenvalue weighted by molar-refractivity contribution is -0.274. The molecule has 0 radical (unpaired) electrons. The van der Waals surface area contributed by atoms with E-state index in [-0.39, 0.29) is 31.1 Å². The van der Waals surface area contributed by atoms with Crippen LogP contribution in [-0.4, -0.2) is 74.7 Å². The van der Waals surface area contributed by atoms with Crippen LogP contribution in [0.4, 0.5) is 18.0 Å². The molecule has 0 aromatic heterocycles. The number of nitrogens with zero attached hydrogens (tertiary/aromatic N) is 2. The third-order valence-corrected chi connectivity index (χ3v) is 6.38. The number of benzene rings is 1. The van der Waals surface area contributed by atoms with Gasteiger partial charge >= 0.3 is 12.4 Å². The summed E-state index contributed by atoms with van der Waals surface area (Å²) in [6, 6.07) is 2.72. The van der Waals surface area contributed by atoms with E-state index in [1.807, 2.05) is 0 Å². The average Bonchev–Trinajstić information content (AvgIpc) is 2.66. The van der Waals surface area contributed by atoms with E-state index in [2.05, 4.69) is 15.4 Å². The van der Waals surface area contributed by atoms with Gasteiger partial charge in [-0.05, 0) is 38.1 Å². The first kappa shape index (κ1) is 23.9. The van der Waals surface area contributed by atoms with Crippen LogP contribution in [0.15, 0.2) is 29.2 Å². The van der Waals surface area contributed by atoms with Gasteiger partial charge in [0.2, 0.25) is 15.9 Å². The molecule has 2 rings (SSSR count). The molecule has 168 valence electrons. The van der Waals surface area contributed by atoms with Crippen LogP contribution in [0, 0.1) is 0 Å². The number of urea groups is 1. The first-order valence-electron chi connectivity index (χ1n) is 9.12. The van der Waals surface area contributed by atoms with E-state index < -0.39 is 40.1 Å². The lowest BCUT2D eigenvalue weighted by Gasteiger charge is -2.36. The second-order valence-electron chi connectivity index (χ2n) is 6.48. The number of carbonyl (C=O) groups excluding carboxylic acids is 2. The summed E-state index contributed by atoms with van der Waals surface area (Å²) in [7, 11) is -3.91. The van der Waals surface area contributed by atoms with E-state index in [1.165, 1.54) is 4.31 Å². The summed E-state index contributed by atoms with van der Waals surface area (Å²) in [5.41, 5.74) is 0. The number of rotatable bonds is 6. The number of imide groups is 1. The predicted octanol–water partition coefficient (Wildman–Crippen LogP) is 1.13. The molecular weight excluding hydrogens is 429 g/mol. The van der Waals surface area contributed by atoms with E-state index in [0.29, 0.717) is 6.54 Å². The number of hydrogen-bond donors (Lipinski definition) is 2. The summed E-state index contributed by atoms with van der Waals surface area (Å²) < 4.78 is 67.1. The van der Waals surface area contributed by atoms with Crippen molar-refractivity contribution in [3.05, 3.63) is 24.3 Å². The molecule has 0 saturated carbocycles. The summed E-state index contributed by atoms with van der Waals surface area (Å²) in [5, 5.41) is 4.66. The molecule has 0 bridgehead atoms. The van der Waals surface area contributed by atoms with Crippen molar-refractivity contribution < 1.29 is 35.9 Å². The standard InChI is InChI=1S/C17H23F3N4O5S/c1-3-21-16(26)22-15(25)12(2)23-8-10-24(11-9-23)30(27,28)14-6-4-13(5-7-14)29-17(18,19)20/h4-7,12H,3,8-11H2,1-2H3,(H2,21,22,25,26). The number of alkyl halides is 3. The first-order valence-corrected chi connectivity index (χ1v) is 10.6. The molecule has 1 aliphatic rings. The summed E-state index contributed by atoms with van der Waals surface area (Å²) in [6.07, 6.45) is -4.86. The van der Waals surface area contributed by atoms with Gasteiger partial charge in [-0.3, -0.25) is 15.0 Å². The average molecular weight is 452 g/mol. The predicted molar refractivity (Wildman–Crippen MR) is 100 cm³/mol. The molecule has 1 heterocycles. The second kappa shape index (κ2) is 9.62. The maximum Gasteiger partial charge on any atom is 0.573 e. The SMILES string of the molecule is CCNC(=O)NC(=O)C(C)N1CCN(S(=O)(=O)c2ccc(OC(F)(F)F)cc2)CC1. The molecule has 0 spiro atoms. The van der Waals surface area contributed by atoms with Gasteiger partial charge in [0, 0.05) is 32.7 Å². The zero-order valence-corrected chi connectivity index (χ0v) is 17.2. The minimum Gasteiger partial charge on any atom is -0.406 e. The van der Waals surface area contributed by atoms with Crippen molar-refractivity contribution >= 4 is 22.0 Å². The molecule has 1 atom stereocenters. The van der Waals surface area contributed by atoms with Gasteiger partial charge in [-0.15, -0.1) is 13.2 Å². The maximum absolute atomic E-state index is 12.7. The van der Waals surface area contributed by atoms with Gasteiger partial charge in [-0.25, -0.2) is 13.2 Å². The van der Waals surface area contributed by atoms with E-state index in [1.54, 1.807) is 18.7 Å². The van der Waals surface area contributed by atoms with Crippen LogP contribution in [0.3, 0.4) is 0 Å². The molecule has 1 aromatic rings. The van der Waals surface area contributed by atoms with Gasteiger partial charge in [0.1, 0.15) is 5.75 Å². The Balaban J connectivity index is 1.96. The lowest BCUT2D eigenvalue weighted by atomic mass is 10.2. The number of halogens is 3. The molecule has 0 aliphatic carbocycles. The van der Waals surface area contributed by atoms with Crippen molar-refractivity contribution in [1.29, 1.82) is 0 Å². The van der Waals surface area contributed by atoms with Crippen LogP contribution in [0.5, 0.6) is 5.75 Å². The fourth-order valence-corrected chi connectivity index (χ4v) is 4.30. The van der Waals surface area contributed by atoms with Crippen molar-refractivity contribution in [3.63, 3.8) is 0 Å². The van der Waals surface area contributed by atoms with Gasteiger partial charge in [0.25, 0.3) is 0 Å².